The average Bonchev–Trinajstić information content (AvgIpc) is 2.74. The van der Waals surface area contributed by atoms with Gasteiger partial charge in [0.05, 0.1) is 0 Å². The Labute approximate surface area is 114 Å². The van der Waals surface area contributed by atoms with Crippen molar-refractivity contribution in [1.82, 2.24) is 14.9 Å². The van der Waals surface area contributed by atoms with Crippen molar-refractivity contribution in [1.29, 1.82) is 0 Å². The minimum Gasteiger partial charge on any atom is -0.356 e. The molecule has 0 aliphatic rings. The Morgan fingerprint density at radius 1 is 1.00 bits per heavy atom. The van der Waals surface area contributed by atoms with Crippen molar-refractivity contribution >= 4 is 11.6 Å². The van der Waals surface area contributed by atoms with Crippen LogP contribution in [0.3, 0.4) is 0 Å². The average molecular weight is 259 g/mol. The van der Waals surface area contributed by atoms with E-state index in [0.29, 0.717) is 0 Å². The Bertz CT molecular complexity index is 506. The van der Waals surface area contributed by atoms with Gasteiger partial charge in [-0.3, -0.25) is 10.1 Å². The third kappa shape index (κ3) is 2.86. The van der Waals surface area contributed by atoms with Gasteiger partial charge in [0, 0.05) is 24.5 Å². The van der Waals surface area contributed by atoms with Crippen LogP contribution in [0.5, 0.6) is 0 Å². The lowest BCUT2D eigenvalue weighted by Gasteiger charge is -2.19. The number of aromatic nitrogens is 3. The molecule has 0 radical (unpaired) electrons. The summed E-state index contributed by atoms with van der Waals surface area (Å²) >= 11 is 0. The summed E-state index contributed by atoms with van der Waals surface area (Å²) in [7, 11) is 0. The van der Waals surface area contributed by atoms with E-state index in [2.05, 4.69) is 60.4 Å². The molecule has 2 aromatic heterocycles. The van der Waals surface area contributed by atoms with Gasteiger partial charge in [0.25, 0.3) is 0 Å². The summed E-state index contributed by atoms with van der Waals surface area (Å²) < 4.78 is 2.00. The van der Waals surface area contributed by atoms with Crippen LogP contribution in [-0.4, -0.2) is 28.0 Å². The standard InChI is InChI=1S/C14H21N5/c1-5-18(6-2)14-10-9-13(15-16-14)17-19-11(3)7-8-12(19)4/h7-10H,5-6H2,1-4H3,(H,15,17). The van der Waals surface area contributed by atoms with Crippen LogP contribution in [0, 0.1) is 13.8 Å². The smallest absolute Gasteiger partial charge is 0.167 e. The highest BCUT2D eigenvalue weighted by atomic mass is 15.5. The van der Waals surface area contributed by atoms with Crippen LogP contribution in [0.2, 0.25) is 0 Å². The van der Waals surface area contributed by atoms with E-state index < -0.39 is 0 Å². The van der Waals surface area contributed by atoms with Gasteiger partial charge >= 0.3 is 0 Å². The lowest BCUT2D eigenvalue weighted by atomic mass is 10.4. The normalized spacial score (nSPS) is 10.5. The molecular weight excluding hydrogens is 238 g/mol. The number of nitrogens with zero attached hydrogens (tertiary/aromatic N) is 4. The predicted octanol–water partition coefficient (Wildman–Crippen LogP) is 2.62. The van der Waals surface area contributed by atoms with Crippen molar-refractivity contribution in [3.63, 3.8) is 0 Å². The molecule has 0 saturated heterocycles. The molecule has 5 heteroatoms. The number of aryl methyl sites for hydroxylation is 2. The molecule has 102 valence electrons. The SMILES string of the molecule is CCN(CC)c1ccc(Nn2c(C)ccc2C)nn1. The fraction of sp³-hybridized carbons (Fsp3) is 0.429. The van der Waals surface area contributed by atoms with Gasteiger partial charge in [-0.05, 0) is 52.0 Å². The Hall–Kier alpha value is -2.04. The highest BCUT2D eigenvalue weighted by Crippen LogP contribution is 2.13. The van der Waals surface area contributed by atoms with Gasteiger partial charge in [-0.25, -0.2) is 0 Å². The van der Waals surface area contributed by atoms with Crippen molar-refractivity contribution in [2.45, 2.75) is 27.7 Å². The molecule has 0 saturated carbocycles. The molecule has 5 nitrogen and oxygen atoms in total. The van der Waals surface area contributed by atoms with E-state index in [-0.39, 0.29) is 0 Å². The molecule has 19 heavy (non-hydrogen) atoms. The van der Waals surface area contributed by atoms with E-state index in [1.54, 1.807) is 0 Å². The maximum atomic E-state index is 4.26. The quantitative estimate of drug-likeness (QED) is 0.896. The van der Waals surface area contributed by atoms with Gasteiger partial charge in [0.2, 0.25) is 0 Å². The molecule has 0 fully saturated rings. The Morgan fingerprint density at radius 2 is 1.63 bits per heavy atom. The highest BCUT2D eigenvalue weighted by Gasteiger charge is 2.05. The molecule has 1 N–H and O–H groups in total. The van der Waals surface area contributed by atoms with Crippen LogP contribution in [-0.2, 0) is 0 Å². The van der Waals surface area contributed by atoms with Crippen molar-refractivity contribution in [3.05, 3.63) is 35.7 Å². The Kier molecular flexibility index (Phi) is 4.04. The lowest BCUT2D eigenvalue weighted by Crippen LogP contribution is -2.23. The van der Waals surface area contributed by atoms with Crippen molar-refractivity contribution < 1.29 is 0 Å². The van der Waals surface area contributed by atoms with E-state index in [1.165, 1.54) is 0 Å². The fourth-order valence-corrected chi connectivity index (χ4v) is 2.06. The second-order valence-corrected chi connectivity index (χ2v) is 4.51. The molecule has 2 rings (SSSR count). The zero-order valence-corrected chi connectivity index (χ0v) is 12.0. The molecule has 0 aromatic carbocycles. The second-order valence-electron chi connectivity index (χ2n) is 4.51. The maximum Gasteiger partial charge on any atom is 0.167 e. The molecule has 2 heterocycles. The van der Waals surface area contributed by atoms with Crippen LogP contribution in [0.15, 0.2) is 24.3 Å². The Balaban J connectivity index is 2.15. The first-order valence-corrected chi connectivity index (χ1v) is 6.66. The summed E-state index contributed by atoms with van der Waals surface area (Å²) in [5.41, 5.74) is 5.54. The van der Waals surface area contributed by atoms with Crippen LogP contribution in [0.25, 0.3) is 0 Å². The Morgan fingerprint density at radius 3 is 2.11 bits per heavy atom. The summed E-state index contributed by atoms with van der Waals surface area (Å²) in [6.07, 6.45) is 0. The lowest BCUT2D eigenvalue weighted by molar-refractivity contribution is 0.813. The third-order valence-corrected chi connectivity index (χ3v) is 3.24. The largest absolute Gasteiger partial charge is 0.356 e. The molecule has 0 aliphatic heterocycles. The summed E-state index contributed by atoms with van der Waals surface area (Å²) in [6.45, 7) is 10.2. The molecule has 0 aliphatic carbocycles. The minimum absolute atomic E-state index is 0.748. The van der Waals surface area contributed by atoms with Gasteiger partial charge in [0.1, 0.15) is 0 Å². The zero-order valence-electron chi connectivity index (χ0n) is 12.0. The monoisotopic (exact) mass is 259 g/mol. The van der Waals surface area contributed by atoms with E-state index in [1.807, 2.05) is 16.8 Å². The maximum absolute atomic E-state index is 4.26. The zero-order chi connectivity index (χ0) is 13.8. The molecule has 0 unspecified atom stereocenters. The molecular formula is C14H21N5. The van der Waals surface area contributed by atoms with Crippen LogP contribution in [0.4, 0.5) is 11.6 Å². The van der Waals surface area contributed by atoms with Crippen LogP contribution < -0.4 is 10.3 Å². The van der Waals surface area contributed by atoms with E-state index in [4.69, 9.17) is 0 Å². The summed E-state index contributed by atoms with van der Waals surface area (Å²) in [5.74, 6) is 1.66. The van der Waals surface area contributed by atoms with Gasteiger partial charge in [-0.2, -0.15) is 0 Å². The predicted molar refractivity (Wildman–Crippen MR) is 78.5 cm³/mol. The van der Waals surface area contributed by atoms with Gasteiger partial charge < -0.3 is 4.90 Å². The summed E-state index contributed by atoms with van der Waals surface area (Å²) in [5, 5.41) is 8.49. The first-order valence-electron chi connectivity index (χ1n) is 6.66. The highest BCUT2D eigenvalue weighted by molar-refractivity contribution is 5.43. The molecule has 0 atom stereocenters. The van der Waals surface area contributed by atoms with Crippen molar-refractivity contribution in [3.8, 4) is 0 Å². The second kappa shape index (κ2) is 5.73. The third-order valence-electron chi connectivity index (χ3n) is 3.24. The summed E-state index contributed by atoms with van der Waals surface area (Å²) in [4.78, 5) is 2.17. The van der Waals surface area contributed by atoms with Crippen molar-refractivity contribution in [2.24, 2.45) is 0 Å². The number of hydrogen-bond acceptors (Lipinski definition) is 4. The number of anilines is 2. The molecule has 0 amide bonds. The first kappa shape index (κ1) is 13.4. The van der Waals surface area contributed by atoms with E-state index in [0.717, 1.165) is 36.1 Å². The topological polar surface area (TPSA) is 46.0 Å². The van der Waals surface area contributed by atoms with Crippen LogP contribution in [0.1, 0.15) is 25.2 Å². The number of rotatable bonds is 5. The number of hydrogen-bond donors (Lipinski definition) is 1. The summed E-state index contributed by atoms with van der Waals surface area (Å²) in [6, 6.07) is 8.09. The fourth-order valence-electron chi connectivity index (χ4n) is 2.06. The first-order chi connectivity index (χ1) is 9.15. The van der Waals surface area contributed by atoms with Crippen LogP contribution >= 0.6 is 0 Å². The van der Waals surface area contributed by atoms with Gasteiger partial charge in [-0.15, -0.1) is 10.2 Å². The van der Waals surface area contributed by atoms with Gasteiger partial charge in [-0.1, -0.05) is 0 Å². The molecule has 0 bridgehead atoms. The van der Waals surface area contributed by atoms with E-state index in [9.17, 15) is 0 Å². The van der Waals surface area contributed by atoms with Crippen molar-refractivity contribution in [2.75, 3.05) is 23.4 Å². The minimum atomic E-state index is 0.748. The molecule has 2 aromatic rings. The molecule has 0 spiro atoms. The number of nitrogens with one attached hydrogen (secondary N) is 1. The van der Waals surface area contributed by atoms with Gasteiger partial charge in [0.15, 0.2) is 11.6 Å². The van der Waals surface area contributed by atoms with E-state index >= 15 is 0 Å².